The monoisotopic (exact) mass is 300 g/mol. The third kappa shape index (κ3) is 5.27. The minimum atomic E-state index is -0.312. The Morgan fingerprint density at radius 3 is 2.45 bits per heavy atom. The molecule has 0 aromatic heterocycles. The van der Waals surface area contributed by atoms with E-state index in [2.05, 4.69) is 26.0 Å². The van der Waals surface area contributed by atoms with Crippen molar-refractivity contribution in [3.8, 4) is 0 Å². The van der Waals surface area contributed by atoms with Gasteiger partial charge in [-0.15, -0.1) is 0 Å². The number of carbonyl (C=O) groups excluding carboxylic acids is 1. The largest absolute Gasteiger partial charge is 0.389 e. The summed E-state index contributed by atoms with van der Waals surface area (Å²) < 4.78 is 0. The number of allylic oxidation sites excluding steroid dienone is 9. The van der Waals surface area contributed by atoms with Crippen molar-refractivity contribution in [3.05, 3.63) is 58.7 Å². The Morgan fingerprint density at radius 2 is 1.82 bits per heavy atom. The van der Waals surface area contributed by atoms with E-state index in [9.17, 15) is 9.90 Å². The first-order valence-corrected chi connectivity index (χ1v) is 7.82. The molecule has 0 saturated heterocycles. The standard InChI is InChI=1S/C20H28O2/c1-15(7-6-8-16(2)12-14-21)9-10-18-17(3)19(22)11-13-20(18,4)5/h6-10,12,14,19,22H,11,13H2,1-5H3/b8-6+,10-9+,15-7-,16-12-. The summed E-state index contributed by atoms with van der Waals surface area (Å²) in [7, 11) is 0. The molecule has 0 aromatic rings. The fourth-order valence-corrected chi connectivity index (χ4v) is 2.70. The molecular weight excluding hydrogens is 272 g/mol. The van der Waals surface area contributed by atoms with E-state index in [-0.39, 0.29) is 11.5 Å². The predicted molar refractivity (Wildman–Crippen MR) is 93.6 cm³/mol. The normalized spacial score (nSPS) is 23.6. The van der Waals surface area contributed by atoms with E-state index in [1.807, 2.05) is 39.0 Å². The van der Waals surface area contributed by atoms with Gasteiger partial charge < -0.3 is 5.11 Å². The van der Waals surface area contributed by atoms with Crippen molar-refractivity contribution < 1.29 is 9.90 Å². The third-order valence-electron chi connectivity index (χ3n) is 4.26. The number of hydrogen-bond donors (Lipinski definition) is 1. The van der Waals surface area contributed by atoms with Crippen LogP contribution in [0.4, 0.5) is 0 Å². The zero-order valence-electron chi connectivity index (χ0n) is 14.4. The minimum absolute atomic E-state index is 0.110. The Morgan fingerprint density at radius 1 is 1.18 bits per heavy atom. The highest BCUT2D eigenvalue weighted by Gasteiger charge is 2.30. The zero-order chi connectivity index (χ0) is 16.8. The van der Waals surface area contributed by atoms with E-state index in [0.29, 0.717) is 0 Å². The molecule has 1 rings (SSSR count). The molecule has 120 valence electrons. The van der Waals surface area contributed by atoms with Gasteiger partial charge in [0.15, 0.2) is 0 Å². The Bertz CT molecular complexity index is 554. The maximum Gasteiger partial charge on any atom is 0.143 e. The Kier molecular flexibility index (Phi) is 6.76. The molecule has 0 amide bonds. The second-order valence-electron chi connectivity index (χ2n) is 6.68. The zero-order valence-corrected chi connectivity index (χ0v) is 14.4. The number of aldehydes is 1. The molecule has 1 N–H and O–H groups in total. The fourth-order valence-electron chi connectivity index (χ4n) is 2.70. The second kappa shape index (κ2) is 8.09. The van der Waals surface area contributed by atoms with Crippen molar-refractivity contribution in [1.82, 2.24) is 0 Å². The fraction of sp³-hybridized carbons (Fsp3) is 0.450. The van der Waals surface area contributed by atoms with Crippen LogP contribution >= 0.6 is 0 Å². The van der Waals surface area contributed by atoms with Gasteiger partial charge in [-0.3, -0.25) is 4.79 Å². The van der Waals surface area contributed by atoms with E-state index in [4.69, 9.17) is 0 Å². The summed E-state index contributed by atoms with van der Waals surface area (Å²) in [5.74, 6) is 0. The number of hydrogen-bond acceptors (Lipinski definition) is 2. The van der Waals surface area contributed by atoms with E-state index in [1.165, 1.54) is 11.6 Å². The van der Waals surface area contributed by atoms with Crippen molar-refractivity contribution >= 4 is 6.29 Å². The summed E-state index contributed by atoms with van der Waals surface area (Å²) in [4.78, 5) is 10.3. The molecular formula is C20H28O2. The molecule has 2 heteroatoms. The van der Waals surface area contributed by atoms with Crippen LogP contribution in [0.25, 0.3) is 0 Å². The molecule has 1 unspecified atom stereocenters. The van der Waals surface area contributed by atoms with E-state index < -0.39 is 0 Å². The van der Waals surface area contributed by atoms with E-state index in [1.54, 1.807) is 0 Å². The summed E-state index contributed by atoms with van der Waals surface area (Å²) >= 11 is 0. The van der Waals surface area contributed by atoms with Crippen LogP contribution in [0.15, 0.2) is 58.7 Å². The molecule has 1 atom stereocenters. The smallest absolute Gasteiger partial charge is 0.143 e. The van der Waals surface area contributed by atoms with Gasteiger partial charge in [0.1, 0.15) is 6.29 Å². The summed E-state index contributed by atoms with van der Waals surface area (Å²) in [6.45, 7) is 10.4. The van der Waals surface area contributed by atoms with Gasteiger partial charge in [-0.05, 0) is 61.8 Å². The molecule has 2 nitrogen and oxygen atoms in total. The van der Waals surface area contributed by atoms with Crippen LogP contribution in [-0.4, -0.2) is 17.5 Å². The molecule has 1 aliphatic carbocycles. The highest BCUT2D eigenvalue weighted by atomic mass is 16.3. The summed E-state index contributed by atoms with van der Waals surface area (Å²) in [5.41, 5.74) is 4.49. The molecule has 0 aliphatic heterocycles. The molecule has 0 aromatic carbocycles. The highest BCUT2D eigenvalue weighted by Crippen LogP contribution is 2.40. The Balaban J connectivity index is 2.88. The minimum Gasteiger partial charge on any atom is -0.389 e. The van der Waals surface area contributed by atoms with Gasteiger partial charge in [0, 0.05) is 0 Å². The maximum absolute atomic E-state index is 10.3. The molecule has 0 fully saturated rings. The van der Waals surface area contributed by atoms with Gasteiger partial charge in [0.25, 0.3) is 0 Å². The SMILES string of the molecule is CC1=C(/C=C/C(C)=C\C=C\C(C)=C/C=O)C(C)(C)CCC1O. The lowest BCUT2D eigenvalue weighted by molar-refractivity contribution is -0.104. The van der Waals surface area contributed by atoms with Crippen molar-refractivity contribution in [2.75, 3.05) is 0 Å². The van der Waals surface area contributed by atoms with Crippen LogP contribution in [0.1, 0.15) is 47.5 Å². The van der Waals surface area contributed by atoms with E-state index in [0.717, 1.165) is 35.8 Å². The molecule has 0 bridgehead atoms. The number of carbonyl (C=O) groups is 1. The van der Waals surface area contributed by atoms with Crippen molar-refractivity contribution in [3.63, 3.8) is 0 Å². The average Bonchev–Trinajstić information content (AvgIpc) is 2.43. The van der Waals surface area contributed by atoms with Gasteiger partial charge in [0.2, 0.25) is 0 Å². The molecule has 0 saturated carbocycles. The van der Waals surface area contributed by atoms with Crippen LogP contribution in [0.2, 0.25) is 0 Å². The predicted octanol–water partition coefficient (Wildman–Crippen LogP) is 4.69. The van der Waals surface area contributed by atoms with Crippen LogP contribution in [0.5, 0.6) is 0 Å². The van der Waals surface area contributed by atoms with Crippen LogP contribution in [-0.2, 0) is 4.79 Å². The molecule has 0 radical (unpaired) electrons. The van der Waals surface area contributed by atoms with E-state index >= 15 is 0 Å². The lowest BCUT2D eigenvalue weighted by Gasteiger charge is -2.35. The van der Waals surface area contributed by atoms with Crippen LogP contribution < -0.4 is 0 Å². The second-order valence-corrected chi connectivity index (χ2v) is 6.68. The van der Waals surface area contributed by atoms with Crippen LogP contribution in [0, 0.1) is 5.41 Å². The average molecular weight is 300 g/mol. The summed E-state index contributed by atoms with van der Waals surface area (Å²) in [6, 6.07) is 0. The summed E-state index contributed by atoms with van der Waals surface area (Å²) in [5, 5.41) is 10.0. The highest BCUT2D eigenvalue weighted by molar-refractivity contribution is 5.66. The van der Waals surface area contributed by atoms with Crippen LogP contribution in [0.3, 0.4) is 0 Å². The first kappa shape index (κ1) is 18.4. The molecule has 0 heterocycles. The molecule has 1 aliphatic rings. The van der Waals surface area contributed by atoms with Crippen molar-refractivity contribution in [2.45, 2.75) is 53.6 Å². The summed E-state index contributed by atoms with van der Waals surface area (Å²) in [6.07, 6.45) is 13.9. The van der Waals surface area contributed by atoms with Crippen molar-refractivity contribution in [2.24, 2.45) is 5.41 Å². The molecule has 22 heavy (non-hydrogen) atoms. The number of aliphatic hydroxyl groups is 1. The van der Waals surface area contributed by atoms with Gasteiger partial charge in [-0.25, -0.2) is 0 Å². The third-order valence-corrected chi connectivity index (χ3v) is 4.26. The number of aliphatic hydroxyl groups excluding tert-OH is 1. The lowest BCUT2D eigenvalue weighted by atomic mass is 9.71. The Labute approximate surface area is 134 Å². The van der Waals surface area contributed by atoms with Gasteiger partial charge >= 0.3 is 0 Å². The Hall–Kier alpha value is -1.67. The van der Waals surface area contributed by atoms with Gasteiger partial charge in [0.05, 0.1) is 6.10 Å². The first-order chi connectivity index (χ1) is 10.3. The van der Waals surface area contributed by atoms with Gasteiger partial charge in [-0.1, -0.05) is 49.8 Å². The molecule has 0 spiro atoms. The van der Waals surface area contributed by atoms with Gasteiger partial charge in [-0.2, -0.15) is 0 Å². The first-order valence-electron chi connectivity index (χ1n) is 7.82. The quantitative estimate of drug-likeness (QED) is 0.454. The van der Waals surface area contributed by atoms with Crippen molar-refractivity contribution in [1.29, 1.82) is 0 Å². The number of rotatable bonds is 5. The lowest BCUT2D eigenvalue weighted by Crippen LogP contribution is -2.27. The topological polar surface area (TPSA) is 37.3 Å². The maximum atomic E-state index is 10.3.